The molecular weight excluding hydrogens is 377 g/mol. The zero-order chi connectivity index (χ0) is 20.0. The van der Waals surface area contributed by atoms with Crippen LogP contribution < -0.4 is 4.74 Å². The lowest BCUT2D eigenvalue weighted by atomic mass is 10.1. The Morgan fingerprint density at radius 1 is 1.11 bits per heavy atom. The van der Waals surface area contributed by atoms with Gasteiger partial charge in [0.25, 0.3) is 0 Å². The van der Waals surface area contributed by atoms with Crippen molar-refractivity contribution in [2.75, 3.05) is 27.3 Å². The van der Waals surface area contributed by atoms with Gasteiger partial charge in [0, 0.05) is 12.6 Å². The molecule has 0 saturated heterocycles. The maximum atomic E-state index is 12.9. The highest BCUT2D eigenvalue weighted by Crippen LogP contribution is 2.15. The Morgan fingerprint density at radius 2 is 1.78 bits per heavy atom. The third-order valence-electron chi connectivity index (χ3n) is 3.63. The monoisotopic (exact) mass is 395 g/mol. The lowest BCUT2D eigenvalue weighted by Gasteiger charge is -2.16. The summed E-state index contributed by atoms with van der Waals surface area (Å²) in [5.41, 5.74) is 0.300. The number of benzene rings is 2. The normalized spacial score (nSPS) is 11.3. The quantitative estimate of drug-likeness (QED) is 0.501. The van der Waals surface area contributed by atoms with E-state index in [2.05, 4.69) is 0 Å². The molecule has 27 heavy (non-hydrogen) atoms. The van der Waals surface area contributed by atoms with Crippen LogP contribution in [-0.2, 0) is 19.6 Å². The van der Waals surface area contributed by atoms with Crippen molar-refractivity contribution in [3.63, 3.8) is 0 Å². The lowest BCUT2D eigenvalue weighted by molar-refractivity contribution is -0.142. The molecular formula is C18H18FNO6S. The third-order valence-corrected chi connectivity index (χ3v) is 5.45. The van der Waals surface area contributed by atoms with E-state index in [-0.39, 0.29) is 4.90 Å². The summed E-state index contributed by atoms with van der Waals surface area (Å²) in [6.45, 7) is -1.12. The third kappa shape index (κ3) is 5.35. The first kappa shape index (κ1) is 20.5. The van der Waals surface area contributed by atoms with Gasteiger partial charge in [-0.05, 0) is 36.4 Å². The van der Waals surface area contributed by atoms with Gasteiger partial charge < -0.3 is 9.47 Å². The molecule has 0 aliphatic heterocycles. The number of ether oxygens (including phenoxy) is 2. The number of hydrogen-bond acceptors (Lipinski definition) is 6. The number of carbonyl (C=O) groups is 2. The molecule has 0 aliphatic rings. The number of nitrogens with zero attached hydrogens (tertiary/aromatic N) is 1. The van der Waals surface area contributed by atoms with Crippen LogP contribution in [-0.4, -0.2) is 51.8 Å². The van der Waals surface area contributed by atoms with Gasteiger partial charge in [-0.3, -0.25) is 9.59 Å². The molecule has 0 atom stereocenters. The minimum absolute atomic E-state index is 0.161. The fourth-order valence-corrected chi connectivity index (χ4v) is 3.24. The predicted octanol–water partition coefficient (Wildman–Crippen LogP) is 1.88. The molecule has 0 saturated carbocycles. The molecule has 0 amide bonds. The molecule has 0 spiro atoms. The second-order valence-corrected chi connectivity index (χ2v) is 7.58. The SMILES string of the molecule is COc1cccc(C(=O)COC(=O)CN(C)S(=O)(=O)c2ccc(F)cc2)c1. The number of hydrogen-bond donors (Lipinski definition) is 0. The fraction of sp³-hybridized carbons (Fsp3) is 0.222. The number of sulfonamides is 1. The Hall–Kier alpha value is -2.78. The summed E-state index contributed by atoms with van der Waals surface area (Å²) in [7, 11) is -1.34. The van der Waals surface area contributed by atoms with E-state index < -0.39 is 40.7 Å². The van der Waals surface area contributed by atoms with Crippen molar-refractivity contribution in [3.05, 3.63) is 59.9 Å². The molecule has 0 bridgehead atoms. The van der Waals surface area contributed by atoms with Crippen molar-refractivity contribution >= 4 is 21.8 Å². The van der Waals surface area contributed by atoms with Crippen LogP contribution in [0.15, 0.2) is 53.4 Å². The molecule has 2 aromatic carbocycles. The largest absolute Gasteiger partial charge is 0.497 e. The molecule has 0 unspecified atom stereocenters. The van der Waals surface area contributed by atoms with Crippen molar-refractivity contribution in [1.82, 2.24) is 4.31 Å². The Kier molecular flexibility index (Phi) is 6.65. The zero-order valence-electron chi connectivity index (χ0n) is 14.7. The number of halogens is 1. The second-order valence-electron chi connectivity index (χ2n) is 5.53. The smallest absolute Gasteiger partial charge is 0.321 e. The lowest BCUT2D eigenvalue weighted by Crippen LogP contribution is -2.33. The Labute approximate surface area is 156 Å². The topological polar surface area (TPSA) is 90.0 Å². The van der Waals surface area contributed by atoms with Crippen molar-refractivity contribution in [2.45, 2.75) is 4.90 Å². The van der Waals surface area contributed by atoms with Gasteiger partial charge in [-0.2, -0.15) is 4.31 Å². The molecule has 2 aromatic rings. The van der Waals surface area contributed by atoms with E-state index in [0.29, 0.717) is 11.3 Å². The van der Waals surface area contributed by atoms with Gasteiger partial charge in [-0.25, -0.2) is 12.8 Å². The summed E-state index contributed by atoms with van der Waals surface area (Å²) in [6, 6.07) is 10.5. The number of methoxy groups -OCH3 is 1. The van der Waals surface area contributed by atoms with Crippen LogP contribution in [0.2, 0.25) is 0 Å². The summed E-state index contributed by atoms with van der Waals surface area (Å²) in [4.78, 5) is 23.8. The van der Waals surface area contributed by atoms with Crippen molar-refractivity contribution in [2.24, 2.45) is 0 Å². The number of Topliss-reactive ketones (excluding diaryl/α,β-unsaturated/α-hetero) is 1. The highest BCUT2D eigenvalue weighted by molar-refractivity contribution is 7.89. The molecule has 0 radical (unpaired) electrons. The van der Waals surface area contributed by atoms with Crippen molar-refractivity contribution < 1.29 is 31.9 Å². The summed E-state index contributed by atoms with van der Waals surface area (Å²) in [5, 5.41) is 0. The van der Waals surface area contributed by atoms with Crippen molar-refractivity contribution in [1.29, 1.82) is 0 Å². The summed E-state index contributed by atoms with van der Waals surface area (Å²) < 4.78 is 48.2. The van der Waals surface area contributed by atoms with E-state index in [4.69, 9.17) is 9.47 Å². The van der Waals surface area contributed by atoms with Crippen LogP contribution in [0.4, 0.5) is 4.39 Å². The van der Waals surface area contributed by atoms with Gasteiger partial charge in [0.2, 0.25) is 10.0 Å². The Bertz CT molecular complexity index is 927. The Morgan fingerprint density at radius 3 is 2.41 bits per heavy atom. The average molecular weight is 395 g/mol. The molecule has 0 aromatic heterocycles. The highest BCUT2D eigenvalue weighted by atomic mass is 32.2. The molecule has 9 heteroatoms. The standard InChI is InChI=1S/C18H18FNO6S/c1-20(27(23,24)16-8-6-14(19)7-9-16)11-18(22)26-12-17(21)13-4-3-5-15(10-13)25-2/h3-10H,11-12H2,1-2H3. The van der Waals surface area contributed by atoms with Gasteiger partial charge in [0.15, 0.2) is 12.4 Å². The number of esters is 1. The first-order valence-corrected chi connectivity index (χ1v) is 9.23. The average Bonchev–Trinajstić information content (AvgIpc) is 2.66. The highest BCUT2D eigenvalue weighted by Gasteiger charge is 2.24. The minimum atomic E-state index is -3.99. The molecule has 0 N–H and O–H groups in total. The van der Waals surface area contributed by atoms with Gasteiger partial charge in [-0.15, -0.1) is 0 Å². The molecule has 7 nitrogen and oxygen atoms in total. The first-order chi connectivity index (χ1) is 12.7. The molecule has 2 rings (SSSR count). The van der Waals surface area contributed by atoms with Crippen molar-refractivity contribution in [3.8, 4) is 5.75 Å². The van der Waals surface area contributed by atoms with E-state index in [9.17, 15) is 22.4 Å². The maximum absolute atomic E-state index is 12.9. The second kappa shape index (κ2) is 8.74. The van der Waals surface area contributed by atoms with E-state index >= 15 is 0 Å². The van der Waals surface area contributed by atoms with Gasteiger partial charge >= 0.3 is 5.97 Å². The van der Waals surface area contributed by atoms with E-state index in [1.807, 2.05) is 0 Å². The first-order valence-electron chi connectivity index (χ1n) is 7.79. The van der Waals surface area contributed by atoms with Crippen LogP contribution in [0.5, 0.6) is 5.75 Å². The van der Waals surface area contributed by atoms with Crippen LogP contribution in [0.25, 0.3) is 0 Å². The van der Waals surface area contributed by atoms with Crippen LogP contribution in [0.3, 0.4) is 0 Å². The van der Waals surface area contributed by atoms with E-state index in [1.165, 1.54) is 20.2 Å². The van der Waals surface area contributed by atoms with Gasteiger partial charge in [0.05, 0.1) is 12.0 Å². The van der Waals surface area contributed by atoms with E-state index in [1.54, 1.807) is 18.2 Å². The fourth-order valence-electron chi connectivity index (χ4n) is 2.12. The van der Waals surface area contributed by atoms with Gasteiger partial charge in [0.1, 0.15) is 18.1 Å². The van der Waals surface area contributed by atoms with Crippen LogP contribution in [0.1, 0.15) is 10.4 Å². The van der Waals surface area contributed by atoms with Crippen LogP contribution >= 0.6 is 0 Å². The van der Waals surface area contributed by atoms with Crippen LogP contribution in [0, 0.1) is 5.82 Å². The number of ketones is 1. The number of rotatable bonds is 8. The molecule has 0 heterocycles. The summed E-state index contributed by atoms with van der Waals surface area (Å²) >= 11 is 0. The minimum Gasteiger partial charge on any atom is -0.497 e. The zero-order valence-corrected chi connectivity index (χ0v) is 15.5. The number of likely N-dealkylation sites (N-methyl/N-ethyl adjacent to an activating group) is 1. The predicted molar refractivity (Wildman–Crippen MR) is 94.5 cm³/mol. The summed E-state index contributed by atoms with van der Waals surface area (Å²) in [6.07, 6.45) is 0. The molecule has 0 aliphatic carbocycles. The Balaban J connectivity index is 1.94. The van der Waals surface area contributed by atoms with Gasteiger partial charge in [-0.1, -0.05) is 12.1 Å². The maximum Gasteiger partial charge on any atom is 0.321 e. The van der Waals surface area contributed by atoms with E-state index in [0.717, 1.165) is 28.6 Å². The molecule has 144 valence electrons. The molecule has 0 fully saturated rings. The summed E-state index contributed by atoms with van der Waals surface area (Å²) in [5.74, 6) is -1.44. The number of carbonyl (C=O) groups excluding carboxylic acids is 2.